The first-order chi connectivity index (χ1) is 12.1. The van der Waals surface area contributed by atoms with Crippen LogP contribution in [0.25, 0.3) is 5.78 Å². The molecule has 7 heteroatoms. The second-order valence-electron chi connectivity index (χ2n) is 5.59. The molecule has 0 atom stereocenters. The molecule has 1 aromatic carbocycles. The summed E-state index contributed by atoms with van der Waals surface area (Å²) in [4.78, 5) is 8.91. The number of hydrogen-bond donors (Lipinski definition) is 0. The molecule has 0 N–H and O–H groups in total. The SMILES string of the molecule is CO/C([O-])=C/C=N/c1nn2c(C)cc(C)nc2[n+]1Cc1ccccc1. The second kappa shape index (κ2) is 7.12. The summed E-state index contributed by atoms with van der Waals surface area (Å²) in [5.74, 6) is 0.698. The van der Waals surface area contributed by atoms with Gasteiger partial charge in [0.25, 0.3) is 0 Å². The van der Waals surface area contributed by atoms with Crippen molar-refractivity contribution in [2.24, 2.45) is 4.99 Å². The molecule has 0 amide bonds. The average Bonchev–Trinajstić information content (AvgIpc) is 2.94. The number of rotatable bonds is 5. The Bertz CT molecular complexity index is 945. The average molecular weight is 337 g/mol. The Labute approximate surface area is 145 Å². The van der Waals surface area contributed by atoms with E-state index in [1.807, 2.05) is 54.8 Å². The molecular weight excluding hydrogens is 318 g/mol. The lowest BCUT2D eigenvalue weighted by Gasteiger charge is -2.04. The summed E-state index contributed by atoms with van der Waals surface area (Å²) in [5.41, 5.74) is 2.97. The number of hydrogen-bond acceptors (Lipinski definition) is 5. The van der Waals surface area contributed by atoms with Crippen molar-refractivity contribution >= 4 is 17.9 Å². The van der Waals surface area contributed by atoms with Crippen molar-refractivity contribution in [2.45, 2.75) is 20.4 Å². The molecule has 7 nitrogen and oxygen atoms in total. The topological polar surface area (TPSA) is 78.7 Å². The molecule has 0 saturated carbocycles. The van der Waals surface area contributed by atoms with Crippen LogP contribution in [0.4, 0.5) is 5.95 Å². The highest BCUT2D eigenvalue weighted by atomic mass is 16.6. The van der Waals surface area contributed by atoms with Crippen molar-refractivity contribution in [1.82, 2.24) is 14.6 Å². The second-order valence-corrected chi connectivity index (χ2v) is 5.59. The highest BCUT2D eigenvalue weighted by Crippen LogP contribution is 2.10. The molecular formula is C18H19N5O2. The van der Waals surface area contributed by atoms with Crippen LogP contribution < -0.4 is 9.67 Å². The van der Waals surface area contributed by atoms with Crippen LogP contribution in [0.15, 0.2) is 53.4 Å². The van der Waals surface area contributed by atoms with Crippen molar-refractivity contribution in [2.75, 3.05) is 7.11 Å². The number of aliphatic imine (C=N–C) groups is 1. The normalized spacial score (nSPS) is 12.2. The van der Waals surface area contributed by atoms with Crippen LogP contribution in [-0.4, -0.2) is 27.9 Å². The fraction of sp³-hybridized carbons (Fsp3) is 0.222. The van der Waals surface area contributed by atoms with E-state index in [-0.39, 0.29) is 0 Å². The molecule has 0 aliphatic carbocycles. The quantitative estimate of drug-likeness (QED) is 0.398. The lowest BCUT2D eigenvalue weighted by Crippen LogP contribution is -2.35. The van der Waals surface area contributed by atoms with E-state index in [4.69, 9.17) is 0 Å². The zero-order valence-electron chi connectivity index (χ0n) is 14.4. The van der Waals surface area contributed by atoms with Crippen LogP contribution in [0, 0.1) is 13.8 Å². The minimum atomic E-state index is -0.465. The van der Waals surface area contributed by atoms with Crippen molar-refractivity contribution < 1.29 is 14.4 Å². The van der Waals surface area contributed by atoms with Gasteiger partial charge in [-0.05, 0) is 32.6 Å². The lowest BCUT2D eigenvalue weighted by atomic mass is 10.2. The van der Waals surface area contributed by atoms with E-state index in [1.54, 1.807) is 4.52 Å². The van der Waals surface area contributed by atoms with Gasteiger partial charge >= 0.3 is 11.7 Å². The number of aryl methyl sites for hydroxylation is 2. The van der Waals surface area contributed by atoms with E-state index in [2.05, 4.69) is 19.8 Å². The van der Waals surface area contributed by atoms with Crippen molar-refractivity contribution in [3.63, 3.8) is 0 Å². The van der Waals surface area contributed by atoms with E-state index in [9.17, 15) is 5.11 Å². The summed E-state index contributed by atoms with van der Waals surface area (Å²) in [5, 5.41) is 15.8. The Morgan fingerprint density at radius 1 is 1.32 bits per heavy atom. The van der Waals surface area contributed by atoms with E-state index >= 15 is 0 Å². The number of aromatic nitrogens is 4. The number of allylic oxidation sites excluding steroid dienone is 1. The maximum Gasteiger partial charge on any atom is 0.384 e. The van der Waals surface area contributed by atoms with Gasteiger partial charge in [-0.15, -0.1) is 14.5 Å². The molecule has 25 heavy (non-hydrogen) atoms. The van der Waals surface area contributed by atoms with Gasteiger partial charge in [-0.2, -0.15) is 0 Å². The minimum Gasteiger partial charge on any atom is -0.616 e. The molecule has 2 aromatic heterocycles. The highest BCUT2D eigenvalue weighted by Gasteiger charge is 2.21. The molecule has 128 valence electrons. The van der Waals surface area contributed by atoms with E-state index in [0.29, 0.717) is 18.3 Å². The van der Waals surface area contributed by atoms with Gasteiger partial charge < -0.3 is 9.84 Å². The lowest BCUT2D eigenvalue weighted by molar-refractivity contribution is -0.652. The Hall–Kier alpha value is -3.22. The first-order valence-corrected chi connectivity index (χ1v) is 7.84. The predicted molar refractivity (Wildman–Crippen MR) is 91.4 cm³/mol. The summed E-state index contributed by atoms with van der Waals surface area (Å²) >= 11 is 0. The smallest absolute Gasteiger partial charge is 0.384 e. The van der Waals surface area contributed by atoms with Gasteiger partial charge in [0, 0.05) is 11.2 Å². The summed E-state index contributed by atoms with van der Waals surface area (Å²) < 4.78 is 8.24. The maximum atomic E-state index is 11.2. The fourth-order valence-electron chi connectivity index (χ4n) is 2.53. The summed E-state index contributed by atoms with van der Waals surface area (Å²) in [6, 6.07) is 12.0. The van der Waals surface area contributed by atoms with Gasteiger partial charge in [0.15, 0.2) is 0 Å². The fourth-order valence-corrected chi connectivity index (χ4v) is 2.53. The van der Waals surface area contributed by atoms with E-state index in [1.165, 1.54) is 19.4 Å². The van der Waals surface area contributed by atoms with Gasteiger partial charge in [0.05, 0.1) is 30.1 Å². The van der Waals surface area contributed by atoms with Crippen molar-refractivity contribution in [3.05, 3.63) is 65.4 Å². The van der Waals surface area contributed by atoms with Crippen LogP contribution in [-0.2, 0) is 11.3 Å². The summed E-state index contributed by atoms with van der Waals surface area (Å²) in [6.07, 6.45) is 2.64. The molecule has 0 saturated heterocycles. The number of benzene rings is 1. The first kappa shape index (κ1) is 16.6. The van der Waals surface area contributed by atoms with Gasteiger partial charge in [-0.3, -0.25) is 0 Å². The molecule has 0 spiro atoms. The highest BCUT2D eigenvalue weighted by molar-refractivity contribution is 5.73. The maximum absolute atomic E-state index is 11.2. The minimum absolute atomic E-state index is 0.463. The predicted octanol–water partition coefficient (Wildman–Crippen LogP) is 1.23. The molecule has 0 aliphatic rings. The van der Waals surface area contributed by atoms with E-state index < -0.39 is 5.95 Å². The molecule has 2 heterocycles. The standard InChI is InChI=1S/C18H19N5O2/c1-13-11-14(2)23-18(20-13)22(12-15-7-5-4-6-8-15)17(21-23)19-10-9-16(24)25-3/h4-11H,12H2,1-3H3. The van der Waals surface area contributed by atoms with Gasteiger partial charge in [-0.1, -0.05) is 30.3 Å². The molecule has 0 radical (unpaired) electrons. The zero-order chi connectivity index (χ0) is 17.8. The third-order valence-corrected chi connectivity index (χ3v) is 3.68. The van der Waals surface area contributed by atoms with Crippen molar-refractivity contribution in [1.29, 1.82) is 0 Å². The summed E-state index contributed by atoms with van der Waals surface area (Å²) in [6.45, 7) is 4.49. The van der Waals surface area contributed by atoms with Crippen LogP contribution >= 0.6 is 0 Å². The third-order valence-electron chi connectivity index (χ3n) is 3.68. The van der Waals surface area contributed by atoms with Gasteiger partial charge in [0.2, 0.25) is 0 Å². The zero-order valence-corrected chi connectivity index (χ0v) is 14.4. The number of fused-ring (bicyclic) bond motifs is 1. The number of ether oxygens (including phenoxy) is 1. The van der Waals surface area contributed by atoms with Gasteiger partial charge in [0.1, 0.15) is 0 Å². The summed E-state index contributed by atoms with van der Waals surface area (Å²) in [7, 11) is 1.32. The Morgan fingerprint density at radius 3 is 2.80 bits per heavy atom. The van der Waals surface area contributed by atoms with Crippen LogP contribution in [0.3, 0.4) is 0 Å². The molecule has 3 rings (SSSR count). The molecule has 0 aliphatic heterocycles. The molecule has 0 unspecified atom stereocenters. The monoisotopic (exact) mass is 337 g/mol. The van der Waals surface area contributed by atoms with Crippen LogP contribution in [0.5, 0.6) is 0 Å². The van der Waals surface area contributed by atoms with Gasteiger partial charge in [-0.25, -0.2) is 4.57 Å². The molecule has 0 fully saturated rings. The Morgan fingerprint density at radius 2 is 2.08 bits per heavy atom. The van der Waals surface area contributed by atoms with Crippen LogP contribution in [0.2, 0.25) is 0 Å². The Balaban J connectivity index is 2.11. The number of nitrogens with zero attached hydrogens (tertiary/aromatic N) is 5. The third kappa shape index (κ3) is 3.65. The van der Waals surface area contributed by atoms with Crippen LogP contribution in [0.1, 0.15) is 17.0 Å². The van der Waals surface area contributed by atoms with Crippen molar-refractivity contribution in [3.8, 4) is 0 Å². The molecule has 3 aromatic rings. The Kier molecular flexibility index (Phi) is 4.74. The number of methoxy groups -OCH3 is 1. The first-order valence-electron chi connectivity index (χ1n) is 7.84. The largest absolute Gasteiger partial charge is 0.616 e. The van der Waals surface area contributed by atoms with E-state index in [0.717, 1.165) is 17.0 Å². The molecule has 0 bridgehead atoms.